The maximum atomic E-state index is 12.2. The van der Waals surface area contributed by atoms with Gasteiger partial charge < -0.3 is 20.4 Å². The summed E-state index contributed by atoms with van der Waals surface area (Å²) in [6.07, 6.45) is 0. The molecular weight excluding hydrogens is 392 g/mol. The molecule has 0 aliphatic heterocycles. The zero-order valence-electron chi connectivity index (χ0n) is 16.9. The maximum absolute atomic E-state index is 12.2. The van der Waals surface area contributed by atoms with Gasteiger partial charge in [0.2, 0.25) is 0 Å². The third kappa shape index (κ3) is 3.76. The zero-order chi connectivity index (χ0) is 22.9. The van der Waals surface area contributed by atoms with E-state index in [4.69, 9.17) is 0 Å². The van der Waals surface area contributed by atoms with Crippen molar-refractivity contribution >= 4 is 23.9 Å². The third-order valence-corrected chi connectivity index (χ3v) is 4.82. The van der Waals surface area contributed by atoms with E-state index in [-0.39, 0.29) is 17.0 Å². The Morgan fingerprint density at radius 3 is 1.47 bits per heavy atom. The fourth-order valence-electron chi connectivity index (χ4n) is 3.72. The van der Waals surface area contributed by atoms with Crippen LogP contribution >= 0.6 is 0 Å². The van der Waals surface area contributed by atoms with E-state index >= 15 is 0 Å². The largest absolute Gasteiger partial charge is 0.478 e. The zero-order valence-corrected chi connectivity index (χ0v) is 16.9. The Morgan fingerprint density at radius 1 is 0.633 bits per heavy atom. The third-order valence-electron chi connectivity index (χ3n) is 4.82. The van der Waals surface area contributed by atoms with E-state index in [1.54, 1.807) is 38.1 Å². The lowest BCUT2D eigenvalue weighted by molar-refractivity contribution is 0.0619. The van der Waals surface area contributed by atoms with Gasteiger partial charge in [-0.25, -0.2) is 19.2 Å². The molecule has 30 heavy (non-hydrogen) atoms. The van der Waals surface area contributed by atoms with E-state index in [9.17, 15) is 39.6 Å². The van der Waals surface area contributed by atoms with Crippen LogP contribution in [0.25, 0.3) is 11.1 Å². The van der Waals surface area contributed by atoms with Crippen molar-refractivity contribution in [2.24, 2.45) is 0 Å². The molecule has 0 radical (unpaired) electrons. The first kappa shape index (κ1) is 22.6. The number of aromatic carboxylic acids is 4. The molecule has 0 saturated carbocycles. The molecule has 0 heterocycles. The predicted molar refractivity (Wildman–Crippen MR) is 108 cm³/mol. The van der Waals surface area contributed by atoms with Crippen molar-refractivity contribution in [2.75, 3.05) is 0 Å². The lowest BCUT2D eigenvalue weighted by Gasteiger charge is -2.25. The van der Waals surface area contributed by atoms with Gasteiger partial charge in [0.05, 0.1) is 22.3 Å². The molecule has 0 saturated heterocycles. The molecule has 2 aromatic carbocycles. The van der Waals surface area contributed by atoms with Gasteiger partial charge in [-0.05, 0) is 28.5 Å². The van der Waals surface area contributed by atoms with Crippen molar-refractivity contribution in [1.82, 2.24) is 0 Å². The Bertz CT molecular complexity index is 1060. The molecule has 8 heteroatoms. The summed E-state index contributed by atoms with van der Waals surface area (Å²) in [6, 6.07) is 6.68. The fraction of sp³-hybridized carbons (Fsp3) is 0.273. The van der Waals surface area contributed by atoms with Crippen LogP contribution in [0, 0.1) is 0 Å². The minimum Gasteiger partial charge on any atom is -0.478 e. The van der Waals surface area contributed by atoms with Gasteiger partial charge in [0.1, 0.15) is 0 Å². The van der Waals surface area contributed by atoms with Crippen LogP contribution in [0.3, 0.4) is 0 Å². The summed E-state index contributed by atoms with van der Waals surface area (Å²) in [5, 5.41) is 39.1. The quantitative estimate of drug-likeness (QED) is 0.521. The molecule has 0 amide bonds. The molecule has 0 unspecified atom stereocenters. The topological polar surface area (TPSA) is 149 Å². The van der Waals surface area contributed by atoms with Gasteiger partial charge in [0.15, 0.2) is 0 Å². The fourth-order valence-corrected chi connectivity index (χ4v) is 3.72. The standard InChI is InChI=1S/C22H22O8/c1-9(2)11-7-5-6-8-12(11)14-13(10(3)4)15(19(23)24)17(21(27)28)18(22(29)30)16(14)20(25)26/h5-10H,1-4H3,(H,23,24)(H,25,26)(H,27,28)(H,29,30). The number of carboxylic acid groups (broad SMARTS) is 4. The smallest absolute Gasteiger partial charge is 0.337 e. The van der Waals surface area contributed by atoms with Gasteiger partial charge in [-0.2, -0.15) is 0 Å². The highest BCUT2D eigenvalue weighted by atomic mass is 16.4. The maximum Gasteiger partial charge on any atom is 0.337 e. The summed E-state index contributed by atoms with van der Waals surface area (Å²) in [5.41, 5.74) is -2.62. The van der Waals surface area contributed by atoms with Gasteiger partial charge in [-0.3, -0.25) is 0 Å². The number of carboxylic acids is 4. The average molecular weight is 414 g/mol. The molecule has 158 valence electrons. The monoisotopic (exact) mass is 414 g/mol. The first-order valence-corrected chi connectivity index (χ1v) is 9.18. The van der Waals surface area contributed by atoms with E-state index < -0.39 is 52.0 Å². The molecule has 4 N–H and O–H groups in total. The minimum atomic E-state index is -1.83. The summed E-state index contributed by atoms with van der Waals surface area (Å²) in [4.78, 5) is 48.2. The Labute approximate surface area is 172 Å². The highest BCUT2D eigenvalue weighted by Gasteiger charge is 2.37. The van der Waals surface area contributed by atoms with Crippen molar-refractivity contribution in [3.05, 3.63) is 57.6 Å². The van der Waals surface area contributed by atoms with Crippen LogP contribution in [0.1, 0.15) is 92.1 Å². The van der Waals surface area contributed by atoms with Crippen molar-refractivity contribution in [2.45, 2.75) is 39.5 Å². The van der Waals surface area contributed by atoms with E-state index in [1.807, 2.05) is 13.8 Å². The van der Waals surface area contributed by atoms with Crippen LogP contribution in [0.15, 0.2) is 24.3 Å². The molecule has 2 rings (SSSR count). The summed E-state index contributed by atoms with van der Waals surface area (Å²) >= 11 is 0. The molecule has 0 bridgehead atoms. The average Bonchev–Trinajstić information content (AvgIpc) is 2.64. The van der Waals surface area contributed by atoms with Crippen LogP contribution < -0.4 is 0 Å². The van der Waals surface area contributed by atoms with Crippen LogP contribution in [0.5, 0.6) is 0 Å². The van der Waals surface area contributed by atoms with Crippen LogP contribution in [0.2, 0.25) is 0 Å². The molecular formula is C22H22O8. The molecule has 0 aliphatic rings. The van der Waals surface area contributed by atoms with E-state index in [0.29, 0.717) is 11.1 Å². The van der Waals surface area contributed by atoms with E-state index in [2.05, 4.69) is 0 Å². The molecule has 0 spiro atoms. The van der Waals surface area contributed by atoms with Crippen LogP contribution in [-0.2, 0) is 0 Å². The lowest BCUT2D eigenvalue weighted by atomic mass is 9.77. The SMILES string of the molecule is CC(C)c1ccccc1-c1c(C(=O)O)c(C(=O)O)c(C(=O)O)c(C(=O)O)c1C(C)C. The Morgan fingerprint density at radius 2 is 1.07 bits per heavy atom. The first-order valence-electron chi connectivity index (χ1n) is 9.18. The summed E-state index contributed by atoms with van der Waals surface area (Å²) < 4.78 is 0. The second kappa shape index (κ2) is 8.36. The van der Waals surface area contributed by atoms with Crippen LogP contribution in [-0.4, -0.2) is 44.3 Å². The van der Waals surface area contributed by atoms with Crippen molar-refractivity contribution in [1.29, 1.82) is 0 Å². The molecule has 8 nitrogen and oxygen atoms in total. The first-order chi connectivity index (χ1) is 13.9. The summed E-state index contributed by atoms with van der Waals surface area (Å²) in [7, 11) is 0. The van der Waals surface area contributed by atoms with Gasteiger partial charge >= 0.3 is 23.9 Å². The second-order valence-corrected chi connectivity index (χ2v) is 7.41. The Hall–Kier alpha value is -3.68. The molecule has 0 aliphatic carbocycles. The summed E-state index contributed by atoms with van der Waals surface area (Å²) in [6.45, 7) is 6.91. The second-order valence-electron chi connectivity index (χ2n) is 7.41. The van der Waals surface area contributed by atoms with E-state index in [0.717, 1.165) is 0 Å². The number of hydrogen-bond donors (Lipinski definition) is 4. The van der Waals surface area contributed by atoms with Crippen molar-refractivity contribution in [3.63, 3.8) is 0 Å². The predicted octanol–water partition coefficient (Wildman–Crippen LogP) is 4.39. The van der Waals surface area contributed by atoms with Gasteiger partial charge in [0, 0.05) is 5.56 Å². The van der Waals surface area contributed by atoms with Crippen molar-refractivity contribution in [3.8, 4) is 11.1 Å². The minimum absolute atomic E-state index is 0.0320. The normalized spacial score (nSPS) is 11.0. The Kier molecular flexibility index (Phi) is 6.30. The number of benzene rings is 2. The van der Waals surface area contributed by atoms with Gasteiger partial charge in [0.25, 0.3) is 0 Å². The number of rotatable bonds is 7. The molecule has 0 atom stereocenters. The number of carbonyl (C=O) groups is 4. The number of hydrogen-bond acceptors (Lipinski definition) is 4. The van der Waals surface area contributed by atoms with Crippen molar-refractivity contribution < 1.29 is 39.6 Å². The highest BCUT2D eigenvalue weighted by molar-refractivity contribution is 6.18. The van der Waals surface area contributed by atoms with Crippen LogP contribution in [0.4, 0.5) is 0 Å². The summed E-state index contributed by atoms with van der Waals surface area (Å²) in [5.74, 6) is -7.64. The molecule has 0 aromatic heterocycles. The molecule has 0 fully saturated rings. The molecule has 2 aromatic rings. The van der Waals surface area contributed by atoms with Gasteiger partial charge in [-0.15, -0.1) is 0 Å². The Balaban J connectivity index is 3.36. The highest BCUT2D eigenvalue weighted by Crippen LogP contribution is 2.42. The lowest BCUT2D eigenvalue weighted by Crippen LogP contribution is -2.24. The van der Waals surface area contributed by atoms with Gasteiger partial charge in [-0.1, -0.05) is 52.0 Å². The van der Waals surface area contributed by atoms with E-state index in [1.165, 1.54) is 0 Å².